The van der Waals surface area contributed by atoms with Crippen LogP contribution >= 0.6 is 11.6 Å². The van der Waals surface area contributed by atoms with Crippen LogP contribution in [0.4, 0.5) is 0 Å². The predicted octanol–water partition coefficient (Wildman–Crippen LogP) is 2.30. The minimum atomic E-state index is -1.54. The number of aliphatic hydroxyl groups is 1. The summed E-state index contributed by atoms with van der Waals surface area (Å²) in [5.41, 5.74) is -1.75. The molecular weight excluding hydrogens is 238 g/mol. The SMILES string of the molecule is C=CC(C)(C)C1(O)C(=O)C(Cl)=C1N(CC)CC. The normalized spacial score (nSPS) is 24.7. The minimum absolute atomic E-state index is 0.145. The van der Waals surface area contributed by atoms with Crippen LogP contribution in [0.15, 0.2) is 23.4 Å². The fourth-order valence-corrected chi connectivity index (χ4v) is 2.52. The van der Waals surface area contributed by atoms with Gasteiger partial charge in [0.05, 0.1) is 5.70 Å². The number of carbonyl (C=O) groups excluding carboxylic acids is 1. The number of hydrogen-bond donors (Lipinski definition) is 1. The second-order valence-corrected chi connectivity index (χ2v) is 5.18. The zero-order valence-corrected chi connectivity index (χ0v) is 11.6. The smallest absolute Gasteiger partial charge is 0.214 e. The van der Waals surface area contributed by atoms with Crippen molar-refractivity contribution < 1.29 is 9.90 Å². The molecule has 0 aromatic rings. The highest BCUT2D eigenvalue weighted by molar-refractivity contribution is 6.48. The Morgan fingerprint density at radius 3 is 2.29 bits per heavy atom. The summed E-state index contributed by atoms with van der Waals surface area (Å²) >= 11 is 5.96. The number of ketones is 1. The van der Waals surface area contributed by atoms with Crippen LogP contribution < -0.4 is 0 Å². The van der Waals surface area contributed by atoms with E-state index in [1.807, 2.05) is 18.7 Å². The molecule has 17 heavy (non-hydrogen) atoms. The van der Waals surface area contributed by atoms with Gasteiger partial charge >= 0.3 is 0 Å². The van der Waals surface area contributed by atoms with Gasteiger partial charge in [0.25, 0.3) is 0 Å². The molecule has 1 aliphatic rings. The average molecular weight is 258 g/mol. The molecule has 0 radical (unpaired) electrons. The van der Waals surface area contributed by atoms with E-state index in [0.29, 0.717) is 18.8 Å². The lowest BCUT2D eigenvalue weighted by Crippen LogP contribution is -2.62. The van der Waals surface area contributed by atoms with Crippen molar-refractivity contribution in [3.05, 3.63) is 23.4 Å². The first-order chi connectivity index (χ1) is 7.77. The van der Waals surface area contributed by atoms with E-state index in [0.717, 1.165) is 0 Å². The summed E-state index contributed by atoms with van der Waals surface area (Å²) in [6.45, 7) is 12.6. The number of hydrogen-bond acceptors (Lipinski definition) is 3. The van der Waals surface area contributed by atoms with Crippen LogP contribution in [0.5, 0.6) is 0 Å². The number of rotatable bonds is 5. The minimum Gasteiger partial charge on any atom is -0.375 e. The fraction of sp³-hybridized carbons (Fsp3) is 0.615. The standard InChI is InChI=1S/C13H20ClNO2/c1-6-12(4,5)13(17)10(9(14)11(13)16)15(7-2)8-3/h6,17H,1,7-8H2,2-5H3. The Morgan fingerprint density at radius 1 is 1.47 bits per heavy atom. The molecule has 0 fully saturated rings. The van der Waals surface area contributed by atoms with Crippen molar-refractivity contribution in [1.82, 2.24) is 4.90 Å². The van der Waals surface area contributed by atoms with Gasteiger partial charge in [-0.15, -0.1) is 6.58 Å². The van der Waals surface area contributed by atoms with E-state index in [1.165, 1.54) is 0 Å². The van der Waals surface area contributed by atoms with Gasteiger partial charge in [-0.1, -0.05) is 31.5 Å². The van der Waals surface area contributed by atoms with Crippen LogP contribution in [0.2, 0.25) is 0 Å². The number of carbonyl (C=O) groups is 1. The molecule has 0 saturated heterocycles. The molecule has 0 aromatic carbocycles. The molecule has 0 spiro atoms. The van der Waals surface area contributed by atoms with Crippen LogP contribution in [-0.2, 0) is 4.79 Å². The van der Waals surface area contributed by atoms with Gasteiger partial charge in [-0.2, -0.15) is 0 Å². The van der Waals surface area contributed by atoms with Crippen molar-refractivity contribution in [2.24, 2.45) is 5.41 Å². The van der Waals surface area contributed by atoms with Gasteiger partial charge in [-0.25, -0.2) is 0 Å². The third kappa shape index (κ3) is 1.72. The monoisotopic (exact) mass is 257 g/mol. The molecule has 96 valence electrons. The van der Waals surface area contributed by atoms with Crippen molar-refractivity contribution in [2.75, 3.05) is 13.1 Å². The van der Waals surface area contributed by atoms with Gasteiger partial charge < -0.3 is 10.0 Å². The van der Waals surface area contributed by atoms with Crippen LogP contribution in [-0.4, -0.2) is 34.5 Å². The maximum absolute atomic E-state index is 11.9. The van der Waals surface area contributed by atoms with Crippen molar-refractivity contribution in [1.29, 1.82) is 0 Å². The van der Waals surface area contributed by atoms with Gasteiger partial charge in [0.2, 0.25) is 5.78 Å². The van der Waals surface area contributed by atoms with Gasteiger partial charge in [0.15, 0.2) is 5.60 Å². The Labute approximate surface area is 108 Å². The summed E-state index contributed by atoms with van der Waals surface area (Å²) in [7, 11) is 0. The highest BCUT2D eigenvalue weighted by Gasteiger charge is 2.61. The number of nitrogens with zero attached hydrogens (tertiary/aromatic N) is 1. The molecule has 0 amide bonds. The zero-order valence-electron chi connectivity index (χ0n) is 10.9. The van der Waals surface area contributed by atoms with E-state index in [9.17, 15) is 9.90 Å². The summed E-state index contributed by atoms with van der Waals surface area (Å²) in [4.78, 5) is 13.8. The van der Waals surface area contributed by atoms with Crippen LogP contribution in [0, 0.1) is 5.41 Å². The second-order valence-electron chi connectivity index (χ2n) is 4.80. The lowest BCUT2D eigenvalue weighted by molar-refractivity contribution is -0.145. The molecule has 0 heterocycles. The predicted molar refractivity (Wildman–Crippen MR) is 69.7 cm³/mol. The first-order valence-electron chi connectivity index (χ1n) is 5.83. The van der Waals surface area contributed by atoms with Crippen molar-refractivity contribution >= 4 is 17.4 Å². The Morgan fingerprint density at radius 2 is 1.94 bits per heavy atom. The quantitative estimate of drug-likeness (QED) is 0.769. The molecule has 0 saturated carbocycles. The summed E-state index contributed by atoms with van der Waals surface area (Å²) in [6, 6.07) is 0. The third-order valence-electron chi connectivity index (χ3n) is 3.60. The lowest BCUT2D eigenvalue weighted by Gasteiger charge is -2.50. The molecule has 3 nitrogen and oxygen atoms in total. The van der Waals surface area contributed by atoms with Crippen LogP contribution in [0.3, 0.4) is 0 Å². The fourth-order valence-electron chi connectivity index (χ4n) is 2.12. The third-order valence-corrected chi connectivity index (χ3v) is 3.95. The molecule has 1 rings (SSSR count). The molecule has 0 bridgehead atoms. The molecule has 4 heteroatoms. The maximum Gasteiger partial charge on any atom is 0.214 e. The summed E-state index contributed by atoms with van der Waals surface area (Å²) in [5, 5.41) is 10.8. The summed E-state index contributed by atoms with van der Waals surface area (Å²) in [5.74, 6) is -0.411. The van der Waals surface area contributed by atoms with Gasteiger partial charge in [-0.05, 0) is 13.8 Å². The molecular formula is C13H20ClNO2. The Balaban J connectivity index is 3.29. The highest BCUT2D eigenvalue weighted by atomic mass is 35.5. The van der Waals surface area contributed by atoms with Gasteiger partial charge in [0, 0.05) is 18.5 Å². The Kier molecular flexibility index (Phi) is 3.75. The van der Waals surface area contributed by atoms with E-state index in [1.54, 1.807) is 19.9 Å². The molecule has 0 aliphatic heterocycles. The Bertz CT molecular complexity index is 383. The van der Waals surface area contributed by atoms with Crippen LogP contribution in [0.1, 0.15) is 27.7 Å². The van der Waals surface area contributed by atoms with E-state index in [-0.39, 0.29) is 5.03 Å². The average Bonchev–Trinajstić information content (AvgIpc) is 2.33. The molecule has 0 aromatic heterocycles. The number of Topliss-reactive ketones (excluding diaryl/α,β-unsaturated/α-hetero) is 1. The first-order valence-corrected chi connectivity index (χ1v) is 6.21. The topological polar surface area (TPSA) is 40.5 Å². The van der Waals surface area contributed by atoms with Crippen LogP contribution in [0.25, 0.3) is 0 Å². The Hall–Kier alpha value is -0.800. The number of likely N-dealkylation sites (N-methyl/N-ethyl adjacent to an activating group) is 1. The molecule has 1 unspecified atom stereocenters. The molecule has 1 atom stereocenters. The van der Waals surface area contributed by atoms with Crippen molar-refractivity contribution in [2.45, 2.75) is 33.3 Å². The van der Waals surface area contributed by atoms with E-state index in [2.05, 4.69) is 6.58 Å². The first kappa shape index (κ1) is 14.3. The summed E-state index contributed by atoms with van der Waals surface area (Å²) < 4.78 is 0. The number of halogens is 1. The summed E-state index contributed by atoms with van der Waals surface area (Å²) in [6.07, 6.45) is 1.59. The lowest BCUT2D eigenvalue weighted by atomic mass is 9.64. The van der Waals surface area contributed by atoms with Gasteiger partial charge in [0.1, 0.15) is 5.03 Å². The largest absolute Gasteiger partial charge is 0.375 e. The maximum atomic E-state index is 11.9. The van der Waals surface area contributed by atoms with E-state index >= 15 is 0 Å². The van der Waals surface area contributed by atoms with Crippen molar-refractivity contribution in [3.63, 3.8) is 0 Å². The second kappa shape index (κ2) is 4.46. The van der Waals surface area contributed by atoms with Crippen molar-refractivity contribution in [3.8, 4) is 0 Å². The molecule has 1 N–H and O–H groups in total. The zero-order chi connectivity index (χ0) is 13.4. The van der Waals surface area contributed by atoms with Gasteiger partial charge in [-0.3, -0.25) is 4.79 Å². The molecule has 1 aliphatic carbocycles. The van der Waals surface area contributed by atoms with E-state index in [4.69, 9.17) is 11.6 Å². The van der Waals surface area contributed by atoms with E-state index < -0.39 is 16.8 Å². The highest BCUT2D eigenvalue weighted by Crippen LogP contribution is 2.50.